The molecule has 6 heteroatoms. The zero-order valence-corrected chi connectivity index (χ0v) is 17.6. The predicted octanol–water partition coefficient (Wildman–Crippen LogP) is 5.16. The molecule has 0 spiro atoms. The van der Waals surface area contributed by atoms with Crippen LogP contribution in [0.15, 0.2) is 34.6 Å². The fourth-order valence-corrected chi connectivity index (χ4v) is 3.36. The summed E-state index contributed by atoms with van der Waals surface area (Å²) in [5, 5.41) is 24.0. The average Bonchev–Trinajstić information content (AvgIpc) is 2.65. The average molecular weight is 399 g/mol. The largest absolute Gasteiger partial charge is 0.493 e. The van der Waals surface area contributed by atoms with Crippen LogP contribution in [-0.2, 0) is 0 Å². The lowest BCUT2D eigenvalue weighted by Crippen LogP contribution is -2.05. The summed E-state index contributed by atoms with van der Waals surface area (Å²) in [5.41, 5.74) is 5.82. The summed E-state index contributed by atoms with van der Waals surface area (Å²) in [5.74, 6) is 1.49. The number of nitrogens with zero attached hydrogens (tertiary/aromatic N) is 2. The number of aryl methyl sites for hydroxylation is 4. The van der Waals surface area contributed by atoms with E-state index in [2.05, 4.69) is 16.4 Å². The molecular formula is C23H30N2O4. The Kier molecular flexibility index (Phi) is 8.52. The topological polar surface area (TPSA) is 83.6 Å². The molecule has 2 aromatic rings. The van der Waals surface area contributed by atoms with Crippen molar-refractivity contribution >= 4 is 12.4 Å². The van der Waals surface area contributed by atoms with Gasteiger partial charge in [-0.05, 0) is 81.3 Å². The molecule has 29 heavy (non-hydrogen) atoms. The van der Waals surface area contributed by atoms with Crippen molar-refractivity contribution in [3.63, 3.8) is 0 Å². The number of hydrogen-bond donors (Lipinski definition) is 2. The maximum Gasteiger partial charge on any atom is 0.131 e. The van der Waals surface area contributed by atoms with Gasteiger partial charge in [-0.25, -0.2) is 0 Å². The van der Waals surface area contributed by atoms with E-state index in [1.54, 1.807) is 0 Å². The zero-order chi connectivity index (χ0) is 21.2. The van der Waals surface area contributed by atoms with Crippen molar-refractivity contribution in [3.05, 3.63) is 57.6 Å². The Morgan fingerprint density at radius 1 is 0.759 bits per heavy atom. The molecule has 0 saturated carbocycles. The standard InChI is InChI=1S/C23H30N2O4/c1-16-11-19(4)23(20(12-16)14-24-26)29-9-7-5-6-8-28-22-13-17(2)10-18(3)21(22)15-25-27/h10-15,26-27H,5-9H2,1-4H3. The van der Waals surface area contributed by atoms with Gasteiger partial charge in [-0.15, -0.1) is 0 Å². The Balaban J connectivity index is 1.81. The Hall–Kier alpha value is -3.02. The first-order valence-corrected chi connectivity index (χ1v) is 9.79. The second kappa shape index (κ2) is 11.1. The molecule has 6 nitrogen and oxygen atoms in total. The Labute approximate surface area is 172 Å². The van der Waals surface area contributed by atoms with E-state index in [1.807, 2.05) is 45.9 Å². The van der Waals surface area contributed by atoms with E-state index in [-0.39, 0.29) is 0 Å². The van der Waals surface area contributed by atoms with E-state index < -0.39 is 0 Å². The second-order valence-electron chi connectivity index (χ2n) is 7.24. The quantitative estimate of drug-likeness (QED) is 0.250. The third-order valence-corrected chi connectivity index (χ3v) is 4.62. The van der Waals surface area contributed by atoms with Crippen LogP contribution in [0.1, 0.15) is 52.6 Å². The summed E-state index contributed by atoms with van der Waals surface area (Å²) in [6, 6.07) is 7.98. The fraction of sp³-hybridized carbons (Fsp3) is 0.391. The van der Waals surface area contributed by atoms with Crippen LogP contribution in [0, 0.1) is 27.7 Å². The lowest BCUT2D eigenvalue weighted by molar-refractivity contribution is 0.277. The van der Waals surface area contributed by atoms with E-state index in [0.717, 1.165) is 64.1 Å². The molecule has 0 radical (unpaired) electrons. The Morgan fingerprint density at radius 2 is 1.38 bits per heavy atom. The van der Waals surface area contributed by atoms with Crippen LogP contribution in [0.4, 0.5) is 0 Å². The zero-order valence-electron chi connectivity index (χ0n) is 17.6. The normalized spacial score (nSPS) is 11.4. The number of unbranched alkanes of at least 4 members (excludes halogenated alkanes) is 2. The van der Waals surface area contributed by atoms with Crippen molar-refractivity contribution in [2.24, 2.45) is 10.3 Å². The first-order chi connectivity index (χ1) is 14.0. The summed E-state index contributed by atoms with van der Waals surface area (Å²) >= 11 is 0. The molecule has 0 bridgehead atoms. The van der Waals surface area contributed by atoms with Crippen molar-refractivity contribution in [2.45, 2.75) is 47.0 Å². The van der Waals surface area contributed by atoms with Crippen LogP contribution in [0.3, 0.4) is 0 Å². The van der Waals surface area contributed by atoms with E-state index in [0.29, 0.717) is 13.2 Å². The molecule has 0 aliphatic carbocycles. The lowest BCUT2D eigenvalue weighted by atomic mass is 10.1. The highest BCUT2D eigenvalue weighted by atomic mass is 16.5. The van der Waals surface area contributed by atoms with Crippen LogP contribution in [0.5, 0.6) is 11.5 Å². The molecular weight excluding hydrogens is 368 g/mol. The maximum atomic E-state index is 8.87. The summed E-state index contributed by atoms with van der Waals surface area (Å²) in [4.78, 5) is 0. The van der Waals surface area contributed by atoms with Crippen molar-refractivity contribution in [3.8, 4) is 11.5 Å². The van der Waals surface area contributed by atoms with Crippen LogP contribution in [0.25, 0.3) is 0 Å². The van der Waals surface area contributed by atoms with E-state index >= 15 is 0 Å². The minimum absolute atomic E-state index is 0.584. The molecule has 2 N–H and O–H groups in total. The molecule has 0 fully saturated rings. The smallest absolute Gasteiger partial charge is 0.131 e. The van der Waals surface area contributed by atoms with Gasteiger partial charge in [0, 0.05) is 11.1 Å². The number of benzene rings is 2. The summed E-state index contributed by atoms with van der Waals surface area (Å²) in [6.45, 7) is 9.14. The molecule has 0 aromatic heterocycles. The van der Waals surface area contributed by atoms with Gasteiger partial charge in [0.05, 0.1) is 25.6 Å². The van der Waals surface area contributed by atoms with E-state index in [4.69, 9.17) is 19.9 Å². The minimum atomic E-state index is 0.584. The number of rotatable bonds is 10. The van der Waals surface area contributed by atoms with Crippen molar-refractivity contribution in [1.82, 2.24) is 0 Å². The SMILES string of the molecule is Cc1cc(C)c(OCCCCCOc2cc(C)cc(C)c2C=NO)c(C=NO)c1. The number of hydrogen-bond acceptors (Lipinski definition) is 6. The molecule has 0 amide bonds. The molecule has 2 aromatic carbocycles. The summed E-state index contributed by atoms with van der Waals surface area (Å²) in [6.07, 6.45) is 5.56. The number of oxime groups is 2. The van der Waals surface area contributed by atoms with Gasteiger partial charge in [0.15, 0.2) is 0 Å². The highest BCUT2D eigenvalue weighted by molar-refractivity contribution is 5.85. The van der Waals surface area contributed by atoms with Gasteiger partial charge in [0.2, 0.25) is 0 Å². The highest BCUT2D eigenvalue weighted by Crippen LogP contribution is 2.25. The number of ether oxygens (including phenoxy) is 2. The van der Waals surface area contributed by atoms with Gasteiger partial charge in [0.25, 0.3) is 0 Å². The van der Waals surface area contributed by atoms with E-state index in [1.165, 1.54) is 12.4 Å². The summed E-state index contributed by atoms with van der Waals surface area (Å²) in [7, 11) is 0. The molecule has 0 unspecified atom stereocenters. The van der Waals surface area contributed by atoms with Gasteiger partial charge in [-0.2, -0.15) is 0 Å². The van der Waals surface area contributed by atoms with Crippen LogP contribution in [-0.4, -0.2) is 36.1 Å². The van der Waals surface area contributed by atoms with Crippen molar-refractivity contribution in [2.75, 3.05) is 13.2 Å². The van der Waals surface area contributed by atoms with Crippen LogP contribution < -0.4 is 9.47 Å². The van der Waals surface area contributed by atoms with Gasteiger partial charge in [0.1, 0.15) is 11.5 Å². The molecule has 2 rings (SSSR count). The fourth-order valence-electron chi connectivity index (χ4n) is 3.36. The Bertz CT molecular complexity index is 876. The third kappa shape index (κ3) is 6.52. The van der Waals surface area contributed by atoms with Crippen molar-refractivity contribution in [1.29, 1.82) is 0 Å². The lowest BCUT2D eigenvalue weighted by Gasteiger charge is -2.14. The highest BCUT2D eigenvalue weighted by Gasteiger charge is 2.08. The van der Waals surface area contributed by atoms with Crippen LogP contribution in [0.2, 0.25) is 0 Å². The Morgan fingerprint density at radius 3 is 2.07 bits per heavy atom. The molecule has 0 saturated heterocycles. The first kappa shape index (κ1) is 22.3. The van der Waals surface area contributed by atoms with Crippen LogP contribution >= 0.6 is 0 Å². The van der Waals surface area contributed by atoms with Gasteiger partial charge in [-0.1, -0.05) is 22.4 Å². The monoisotopic (exact) mass is 398 g/mol. The second-order valence-corrected chi connectivity index (χ2v) is 7.24. The molecule has 156 valence electrons. The van der Waals surface area contributed by atoms with Crippen molar-refractivity contribution < 1.29 is 19.9 Å². The molecule has 0 aliphatic rings. The van der Waals surface area contributed by atoms with Gasteiger partial charge < -0.3 is 19.9 Å². The predicted molar refractivity (Wildman–Crippen MR) is 115 cm³/mol. The van der Waals surface area contributed by atoms with E-state index in [9.17, 15) is 0 Å². The van der Waals surface area contributed by atoms with Gasteiger partial charge >= 0.3 is 0 Å². The maximum absolute atomic E-state index is 8.87. The minimum Gasteiger partial charge on any atom is -0.493 e. The molecule has 0 atom stereocenters. The van der Waals surface area contributed by atoms with Gasteiger partial charge in [-0.3, -0.25) is 0 Å². The molecule has 0 aliphatic heterocycles. The third-order valence-electron chi connectivity index (χ3n) is 4.62. The molecule has 0 heterocycles. The summed E-state index contributed by atoms with van der Waals surface area (Å²) < 4.78 is 11.8. The first-order valence-electron chi connectivity index (χ1n) is 9.79.